The zero-order valence-electron chi connectivity index (χ0n) is 26.3. The Morgan fingerprint density at radius 3 is 2.41 bits per heavy atom. The van der Waals surface area contributed by atoms with Crippen LogP contribution in [0.15, 0.2) is 48.8 Å². The summed E-state index contributed by atoms with van der Waals surface area (Å²) in [5, 5.41) is 19.9. The van der Waals surface area contributed by atoms with Crippen molar-refractivity contribution in [3.63, 3.8) is 0 Å². The number of aryl methyl sites for hydroxylation is 1. The van der Waals surface area contributed by atoms with E-state index >= 15 is 0 Å². The van der Waals surface area contributed by atoms with E-state index in [-0.39, 0.29) is 59.2 Å². The van der Waals surface area contributed by atoms with Crippen molar-refractivity contribution in [2.75, 3.05) is 29.9 Å². The highest BCUT2D eigenvalue weighted by atomic mass is 19.4. The second-order valence-corrected chi connectivity index (χ2v) is 13.0. The van der Waals surface area contributed by atoms with Crippen LogP contribution in [0, 0.1) is 16.7 Å². The first-order chi connectivity index (χ1) is 23.2. The van der Waals surface area contributed by atoms with Crippen LogP contribution < -0.4 is 10.2 Å². The van der Waals surface area contributed by atoms with Gasteiger partial charge in [0.15, 0.2) is 5.82 Å². The van der Waals surface area contributed by atoms with Crippen molar-refractivity contribution in [1.82, 2.24) is 24.6 Å². The van der Waals surface area contributed by atoms with Crippen molar-refractivity contribution in [3.05, 3.63) is 76.6 Å². The maximum absolute atomic E-state index is 14.4. The number of aromatic nitrogens is 4. The molecule has 4 heterocycles. The molecule has 1 saturated carbocycles. The second-order valence-electron chi connectivity index (χ2n) is 13.0. The van der Waals surface area contributed by atoms with Gasteiger partial charge in [-0.1, -0.05) is 0 Å². The number of rotatable bonds is 9. The van der Waals surface area contributed by atoms with Gasteiger partial charge < -0.3 is 9.88 Å². The first-order valence-electron chi connectivity index (χ1n) is 15.7. The molecule has 0 bridgehead atoms. The standard InChI is InChI=1S/C34H30F6N8O/c1-46-19-43-45-30(46)23-5-4-22(33(35,36)37)14-24(23)21-12-28(42-9-3-2-8-41)44-29(13-21)48-16-26-25(31(48)49)10-20(11-27(26)34(38,39)40)15-47-17-32(18-47)6-7-32/h4-5,10-14,19H,2-3,6-7,9,15-18H2,1H3,(H,42,44). The molecule has 1 saturated heterocycles. The van der Waals surface area contributed by atoms with Gasteiger partial charge in [-0.2, -0.15) is 31.6 Å². The Bertz CT molecular complexity index is 1980. The van der Waals surface area contributed by atoms with Crippen molar-refractivity contribution in [2.45, 2.75) is 51.1 Å². The van der Waals surface area contributed by atoms with Crippen molar-refractivity contribution in [2.24, 2.45) is 12.5 Å². The van der Waals surface area contributed by atoms with Crippen molar-refractivity contribution in [3.8, 4) is 28.6 Å². The van der Waals surface area contributed by atoms with Gasteiger partial charge in [-0.05, 0) is 89.4 Å². The summed E-state index contributed by atoms with van der Waals surface area (Å²) in [6.07, 6.45) is -5.12. The van der Waals surface area contributed by atoms with E-state index in [0.717, 1.165) is 49.0 Å². The topological polar surface area (TPSA) is 103 Å². The van der Waals surface area contributed by atoms with Gasteiger partial charge in [-0.25, -0.2) is 4.98 Å². The van der Waals surface area contributed by atoms with E-state index in [4.69, 9.17) is 5.26 Å². The number of carbonyl (C=O) groups is 1. The number of alkyl halides is 6. The van der Waals surface area contributed by atoms with Crippen LogP contribution in [0.25, 0.3) is 22.5 Å². The summed E-state index contributed by atoms with van der Waals surface area (Å²) >= 11 is 0. The number of carbonyl (C=O) groups excluding carboxylic acids is 1. The monoisotopic (exact) mass is 680 g/mol. The molecule has 2 aromatic carbocycles. The first-order valence-corrected chi connectivity index (χ1v) is 15.7. The lowest BCUT2D eigenvalue weighted by Crippen LogP contribution is -2.47. The zero-order valence-corrected chi connectivity index (χ0v) is 26.3. The third-order valence-electron chi connectivity index (χ3n) is 9.36. The molecule has 1 N–H and O–H groups in total. The van der Waals surface area contributed by atoms with E-state index in [0.29, 0.717) is 23.0 Å². The van der Waals surface area contributed by atoms with Crippen LogP contribution >= 0.6 is 0 Å². The number of hydrogen-bond donors (Lipinski definition) is 1. The highest BCUT2D eigenvalue weighted by Crippen LogP contribution is 2.53. The van der Waals surface area contributed by atoms with Crippen LogP contribution in [0.1, 0.15) is 58.3 Å². The fourth-order valence-electron chi connectivity index (χ4n) is 6.73. The van der Waals surface area contributed by atoms with Gasteiger partial charge in [0.25, 0.3) is 5.91 Å². The number of nitriles is 1. The largest absolute Gasteiger partial charge is 0.416 e. The minimum absolute atomic E-state index is 0.0455. The summed E-state index contributed by atoms with van der Waals surface area (Å²) in [6, 6.07) is 10.7. The first kappa shape index (κ1) is 32.6. The summed E-state index contributed by atoms with van der Waals surface area (Å²) in [7, 11) is 1.63. The molecule has 1 amide bonds. The SMILES string of the molecule is Cn1cnnc1-c1ccc(C(F)(F)F)cc1-c1cc(NCCCC#N)nc(N2Cc3c(cc(CN4CC5(CC5)C4)cc3C(F)(F)F)C2=O)c1. The van der Waals surface area contributed by atoms with E-state index in [9.17, 15) is 31.1 Å². The minimum atomic E-state index is -4.73. The molecule has 254 valence electrons. The lowest BCUT2D eigenvalue weighted by Gasteiger charge is -2.40. The van der Waals surface area contributed by atoms with Crippen LogP contribution in [0.4, 0.5) is 38.0 Å². The van der Waals surface area contributed by atoms with Gasteiger partial charge in [0.05, 0.1) is 23.7 Å². The molecule has 3 aliphatic rings. The Morgan fingerprint density at radius 2 is 1.76 bits per heavy atom. The summed E-state index contributed by atoms with van der Waals surface area (Å²) < 4.78 is 86.8. The van der Waals surface area contributed by atoms with E-state index in [1.807, 2.05) is 6.07 Å². The minimum Gasteiger partial charge on any atom is -0.370 e. The number of benzene rings is 2. The lowest BCUT2D eigenvalue weighted by molar-refractivity contribution is -0.138. The predicted molar refractivity (Wildman–Crippen MR) is 167 cm³/mol. The summed E-state index contributed by atoms with van der Waals surface area (Å²) in [6.45, 7) is 1.77. The molecular formula is C34H30F6N8O. The molecule has 9 nitrogen and oxygen atoms in total. The normalized spacial score (nSPS) is 16.9. The second kappa shape index (κ2) is 11.9. The van der Waals surface area contributed by atoms with Crippen LogP contribution in [-0.2, 0) is 32.5 Å². The fourth-order valence-corrected chi connectivity index (χ4v) is 6.73. The molecule has 0 radical (unpaired) electrons. The molecule has 0 atom stereocenters. The molecular weight excluding hydrogens is 650 g/mol. The van der Waals surface area contributed by atoms with Gasteiger partial charge in [0, 0.05) is 50.8 Å². The van der Waals surface area contributed by atoms with Crippen LogP contribution in [0.2, 0.25) is 0 Å². The number of amides is 1. The Balaban J connectivity index is 1.31. The molecule has 49 heavy (non-hydrogen) atoms. The number of hydrogen-bond acceptors (Lipinski definition) is 7. The Morgan fingerprint density at radius 1 is 0.980 bits per heavy atom. The summed E-state index contributed by atoms with van der Waals surface area (Å²) in [4.78, 5) is 21.7. The number of anilines is 2. The van der Waals surface area contributed by atoms with E-state index in [1.165, 1.54) is 35.2 Å². The molecule has 2 aromatic heterocycles. The van der Waals surface area contributed by atoms with Crippen molar-refractivity contribution in [1.29, 1.82) is 5.26 Å². The summed E-state index contributed by atoms with van der Waals surface area (Å²) in [5.74, 6) is -0.301. The number of pyridine rings is 1. The molecule has 15 heteroatoms. The van der Waals surface area contributed by atoms with E-state index in [1.54, 1.807) is 7.05 Å². The highest BCUT2D eigenvalue weighted by molar-refractivity contribution is 6.10. The third kappa shape index (κ3) is 6.32. The number of halogens is 6. The molecule has 4 aromatic rings. The average molecular weight is 681 g/mol. The molecule has 0 unspecified atom stereocenters. The number of nitrogens with zero attached hydrogens (tertiary/aromatic N) is 7. The van der Waals surface area contributed by atoms with Gasteiger partial charge in [-0.3, -0.25) is 14.6 Å². The smallest absolute Gasteiger partial charge is 0.370 e. The molecule has 1 spiro atoms. The van der Waals surface area contributed by atoms with Crippen LogP contribution in [-0.4, -0.2) is 50.2 Å². The average Bonchev–Trinajstić information content (AvgIpc) is 3.60. The molecule has 2 fully saturated rings. The zero-order chi connectivity index (χ0) is 34.7. The van der Waals surface area contributed by atoms with Gasteiger partial charge >= 0.3 is 12.4 Å². The number of likely N-dealkylation sites (tertiary alicyclic amines) is 1. The molecule has 2 aliphatic heterocycles. The van der Waals surface area contributed by atoms with Gasteiger partial charge in [-0.15, -0.1) is 10.2 Å². The van der Waals surface area contributed by atoms with Gasteiger partial charge in [0.2, 0.25) is 0 Å². The number of nitrogens with one attached hydrogen (secondary N) is 1. The van der Waals surface area contributed by atoms with Gasteiger partial charge in [0.1, 0.15) is 18.0 Å². The van der Waals surface area contributed by atoms with Crippen LogP contribution in [0.5, 0.6) is 0 Å². The fraction of sp³-hybridized carbons (Fsp3) is 0.382. The van der Waals surface area contributed by atoms with E-state index in [2.05, 4.69) is 25.4 Å². The summed E-state index contributed by atoms with van der Waals surface area (Å²) in [5.41, 5.74) is -0.791. The highest BCUT2D eigenvalue weighted by Gasteiger charge is 2.52. The Kier molecular flexibility index (Phi) is 7.89. The van der Waals surface area contributed by atoms with E-state index < -0.39 is 35.9 Å². The van der Waals surface area contributed by atoms with Crippen molar-refractivity contribution < 1.29 is 31.1 Å². The number of unbranched alkanes of at least 4 members (excludes halogenated alkanes) is 1. The molecule has 1 aliphatic carbocycles. The molecule has 7 rings (SSSR count). The maximum Gasteiger partial charge on any atom is 0.416 e. The lowest BCUT2D eigenvalue weighted by atomic mass is 9.94. The maximum atomic E-state index is 14.4. The Hall–Kier alpha value is -4.97. The van der Waals surface area contributed by atoms with Crippen LogP contribution in [0.3, 0.4) is 0 Å². The van der Waals surface area contributed by atoms with Crippen molar-refractivity contribution >= 4 is 17.5 Å². The quantitative estimate of drug-likeness (QED) is 0.149. The Labute approximate surface area is 277 Å². The number of fused-ring (bicyclic) bond motifs is 1. The third-order valence-corrected chi connectivity index (χ3v) is 9.36. The predicted octanol–water partition coefficient (Wildman–Crippen LogP) is 7.05.